The number of carbonyl (C=O) groups is 1. The molecule has 36 heavy (non-hydrogen) atoms. The number of hydrogen-bond acceptors (Lipinski definition) is 8. The second-order valence-electron chi connectivity index (χ2n) is 12.8. The topological polar surface area (TPSA) is 135 Å². The van der Waals surface area contributed by atoms with Crippen LogP contribution in [0.4, 0.5) is 5.82 Å². The fourth-order valence-corrected chi connectivity index (χ4v) is 6.18. The van der Waals surface area contributed by atoms with E-state index in [1.54, 1.807) is 10.9 Å². The third-order valence-corrected chi connectivity index (χ3v) is 17.2. The molecule has 2 aromatic rings. The Balaban J connectivity index is 2.06. The van der Waals surface area contributed by atoms with E-state index in [1.807, 2.05) is 0 Å². The van der Waals surface area contributed by atoms with Crippen LogP contribution in [0.5, 0.6) is 0 Å². The molecule has 10 nitrogen and oxygen atoms in total. The minimum atomic E-state index is -2.31. The van der Waals surface area contributed by atoms with Crippen LogP contribution in [0.15, 0.2) is 12.7 Å². The number of aromatic nitrogens is 4. The molecule has 0 amide bonds. The maximum atomic E-state index is 12.0. The number of hydrogen-bond donors (Lipinski definition) is 2. The van der Waals surface area contributed by atoms with Crippen LogP contribution in [0.3, 0.4) is 0 Å². The average Bonchev–Trinajstić information content (AvgIpc) is 3.27. The molecule has 1 aliphatic rings. The van der Waals surface area contributed by atoms with Gasteiger partial charge in [-0.2, -0.15) is 0 Å². The van der Waals surface area contributed by atoms with Crippen molar-refractivity contribution in [1.29, 1.82) is 0 Å². The van der Waals surface area contributed by atoms with Crippen molar-refractivity contribution in [3.05, 3.63) is 12.7 Å². The molecular formula is C24H43N5O5Si2. The highest BCUT2D eigenvalue weighted by Crippen LogP contribution is 2.46. The number of carboxylic acid groups (broad SMARTS) is 1. The van der Waals surface area contributed by atoms with Crippen LogP contribution in [0.25, 0.3) is 11.2 Å². The van der Waals surface area contributed by atoms with Gasteiger partial charge in [-0.3, -0.25) is 9.36 Å². The Kier molecular flexibility index (Phi) is 7.80. The van der Waals surface area contributed by atoms with Gasteiger partial charge in [0, 0.05) is 5.92 Å². The van der Waals surface area contributed by atoms with Gasteiger partial charge in [-0.15, -0.1) is 0 Å². The average molecular weight is 538 g/mol. The van der Waals surface area contributed by atoms with Crippen molar-refractivity contribution in [3.63, 3.8) is 0 Å². The number of anilines is 1. The highest BCUT2D eigenvalue weighted by Gasteiger charge is 2.52. The second-order valence-corrected chi connectivity index (χ2v) is 22.4. The number of rotatable bonds is 8. The highest BCUT2D eigenvalue weighted by molar-refractivity contribution is 6.74. The number of ether oxygens (including phenoxy) is 1. The molecule has 0 bridgehead atoms. The zero-order valence-electron chi connectivity index (χ0n) is 23.3. The molecule has 3 heterocycles. The van der Waals surface area contributed by atoms with E-state index in [0.717, 1.165) is 0 Å². The molecule has 12 heteroatoms. The predicted molar refractivity (Wildman–Crippen MR) is 145 cm³/mol. The first-order chi connectivity index (χ1) is 16.4. The summed E-state index contributed by atoms with van der Waals surface area (Å²) in [6.07, 6.45) is 1.30. The molecule has 0 aromatic carbocycles. The Morgan fingerprint density at radius 3 is 2.25 bits per heavy atom. The SMILES string of the molecule is CC(C)(C)[Si](C)(C)OC[C@H]1O[C@@H](n2cnc3c(N)ncnc32)[C@H](O[Si](C)(C)C(C)(C)C)[C@@H]1CC(=O)O. The summed E-state index contributed by atoms with van der Waals surface area (Å²) >= 11 is 0. The van der Waals surface area contributed by atoms with Gasteiger partial charge in [-0.1, -0.05) is 41.5 Å². The first-order valence-electron chi connectivity index (χ1n) is 12.5. The van der Waals surface area contributed by atoms with E-state index in [9.17, 15) is 9.90 Å². The fourth-order valence-electron chi connectivity index (χ4n) is 3.84. The van der Waals surface area contributed by atoms with Crippen LogP contribution < -0.4 is 5.73 Å². The molecule has 3 N–H and O–H groups in total. The largest absolute Gasteiger partial charge is 0.481 e. The number of nitrogen functional groups attached to an aromatic ring is 1. The van der Waals surface area contributed by atoms with Gasteiger partial charge in [-0.05, 0) is 36.3 Å². The molecule has 3 rings (SSSR count). The Morgan fingerprint density at radius 2 is 1.69 bits per heavy atom. The monoisotopic (exact) mass is 537 g/mol. The number of aliphatic carboxylic acids is 1. The Labute approximate surface area is 216 Å². The van der Waals surface area contributed by atoms with Crippen LogP contribution in [-0.4, -0.2) is 66.0 Å². The van der Waals surface area contributed by atoms with Crippen molar-refractivity contribution in [2.45, 2.75) is 103 Å². The lowest BCUT2D eigenvalue weighted by molar-refractivity contribution is -0.139. The Hall–Kier alpha value is -1.87. The number of carboxylic acids is 1. The third kappa shape index (κ3) is 5.67. The summed E-state index contributed by atoms with van der Waals surface area (Å²) < 4.78 is 21.8. The summed E-state index contributed by atoms with van der Waals surface area (Å²) in [5.41, 5.74) is 7.03. The van der Waals surface area contributed by atoms with E-state index in [0.29, 0.717) is 17.8 Å². The maximum absolute atomic E-state index is 12.0. The van der Waals surface area contributed by atoms with Gasteiger partial charge in [0.15, 0.2) is 34.3 Å². The second kappa shape index (κ2) is 9.78. The molecule has 0 aliphatic carbocycles. The summed E-state index contributed by atoms with van der Waals surface area (Å²) in [7, 11) is -4.41. The zero-order chi connectivity index (χ0) is 27.3. The van der Waals surface area contributed by atoms with Crippen molar-refractivity contribution >= 4 is 39.6 Å². The minimum Gasteiger partial charge on any atom is -0.481 e. The van der Waals surface area contributed by atoms with Crippen molar-refractivity contribution in [3.8, 4) is 0 Å². The van der Waals surface area contributed by atoms with E-state index >= 15 is 0 Å². The number of nitrogens with zero attached hydrogens (tertiary/aromatic N) is 4. The summed E-state index contributed by atoms with van der Waals surface area (Å²) in [4.78, 5) is 24.9. The number of fused-ring (bicyclic) bond motifs is 1. The number of imidazole rings is 1. The lowest BCUT2D eigenvalue weighted by Gasteiger charge is -2.41. The molecule has 202 valence electrons. The van der Waals surface area contributed by atoms with Gasteiger partial charge >= 0.3 is 5.97 Å². The van der Waals surface area contributed by atoms with Crippen LogP contribution in [0.2, 0.25) is 36.3 Å². The van der Waals surface area contributed by atoms with Gasteiger partial charge in [0.05, 0.1) is 31.6 Å². The Morgan fingerprint density at radius 1 is 1.08 bits per heavy atom. The van der Waals surface area contributed by atoms with Crippen molar-refractivity contribution in [2.24, 2.45) is 5.92 Å². The zero-order valence-corrected chi connectivity index (χ0v) is 25.3. The quantitative estimate of drug-likeness (QED) is 0.455. The summed E-state index contributed by atoms with van der Waals surface area (Å²) in [5.74, 6) is -1.03. The predicted octanol–water partition coefficient (Wildman–Crippen LogP) is 4.81. The normalized spacial score (nSPS) is 23.9. The molecule has 0 spiro atoms. The minimum absolute atomic E-state index is 0.0132. The van der Waals surface area contributed by atoms with Crippen LogP contribution in [-0.2, 0) is 18.4 Å². The van der Waals surface area contributed by atoms with Crippen molar-refractivity contribution < 1.29 is 23.5 Å². The van der Waals surface area contributed by atoms with E-state index in [1.165, 1.54) is 6.33 Å². The third-order valence-electron chi connectivity index (χ3n) is 8.22. The molecule has 1 saturated heterocycles. The molecule has 1 fully saturated rings. The molecule has 0 saturated carbocycles. The summed E-state index contributed by atoms with van der Waals surface area (Å²) in [6, 6.07) is 0. The molecule has 0 radical (unpaired) electrons. The summed E-state index contributed by atoms with van der Waals surface area (Å²) in [5, 5.41) is 9.80. The van der Waals surface area contributed by atoms with E-state index < -0.39 is 47.0 Å². The van der Waals surface area contributed by atoms with Crippen molar-refractivity contribution in [2.75, 3.05) is 12.3 Å². The first kappa shape index (κ1) is 28.7. The van der Waals surface area contributed by atoms with E-state index in [4.69, 9.17) is 19.3 Å². The van der Waals surface area contributed by atoms with Crippen LogP contribution >= 0.6 is 0 Å². The van der Waals surface area contributed by atoms with Crippen LogP contribution in [0.1, 0.15) is 54.2 Å². The lowest BCUT2D eigenvalue weighted by Crippen LogP contribution is -2.48. The smallest absolute Gasteiger partial charge is 0.303 e. The van der Waals surface area contributed by atoms with Gasteiger partial charge in [0.25, 0.3) is 0 Å². The molecule has 2 aromatic heterocycles. The molecule has 0 unspecified atom stereocenters. The fraction of sp³-hybridized carbons (Fsp3) is 0.750. The number of nitrogens with two attached hydrogens (primary N) is 1. The van der Waals surface area contributed by atoms with Gasteiger partial charge < -0.3 is 24.4 Å². The molecular weight excluding hydrogens is 494 g/mol. The Bertz CT molecular complexity index is 1090. The van der Waals surface area contributed by atoms with Gasteiger partial charge in [0.1, 0.15) is 11.8 Å². The van der Waals surface area contributed by atoms with Gasteiger partial charge in [0.2, 0.25) is 0 Å². The van der Waals surface area contributed by atoms with Crippen molar-refractivity contribution in [1.82, 2.24) is 19.5 Å². The van der Waals surface area contributed by atoms with Crippen LogP contribution in [0, 0.1) is 5.92 Å². The summed E-state index contributed by atoms with van der Waals surface area (Å²) in [6.45, 7) is 22.0. The highest BCUT2D eigenvalue weighted by atomic mass is 28.4. The van der Waals surface area contributed by atoms with E-state index in [-0.39, 0.29) is 22.3 Å². The van der Waals surface area contributed by atoms with E-state index in [2.05, 4.69) is 82.7 Å². The lowest BCUT2D eigenvalue weighted by atomic mass is 9.94. The molecule has 4 atom stereocenters. The van der Waals surface area contributed by atoms with Gasteiger partial charge in [-0.25, -0.2) is 15.0 Å². The standard InChI is InChI=1S/C24H43N5O5Si2/c1-23(2,3)35(7,8)32-12-16-15(11-17(30)31)19(34-36(9,10)24(4,5)6)22(33-16)29-14-28-18-20(25)26-13-27-21(18)29/h13-16,19,22H,11-12H2,1-10H3,(H,30,31)(H2,25,26,27)/t15-,16-,19-,22-/m1/s1. The first-order valence-corrected chi connectivity index (χ1v) is 18.3. The molecule has 1 aliphatic heterocycles. The maximum Gasteiger partial charge on any atom is 0.303 e.